The first kappa shape index (κ1) is 12.9. The number of aromatic amines is 1. The molecule has 100 valence electrons. The molecule has 0 aliphatic rings. The Kier molecular flexibility index (Phi) is 3.32. The van der Waals surface area contributed by atoms with Crippen LogP contribution in [0.4, 0.5) is 5.69 Å². The van der Waals surface area contributed by atoms with Gasteiger partial charge in [0.15, 0.2) is 0 Å². The number of nitrogens with one attached hydrogen (secondary N) is 2. The molecule has 1 heterocycles. The second-order valence-corrected chi connectivity index (χ2v) is 5.57. The van der Waals surface area contributed by atoms with Gasteiger partial charge in [-0.3, -0.25) is 4.79 Å². The van der Waals surface area contributed by atoms with Gasteiger partial charge in [-0.25, -0.2) is 0 Å². The van der Waals surface area contributed by atoms with Crippen LogP contribution in [-0.4, -0.2) is 10.9 Å². The van der Waals surface area contributed by atoms with Crippen LogP contribution in [0.15, 0.2) is 53.1 Å². The molecule has 0 atom stereocenters. The molecule has 3 aromatic rings. The van der Waals surface area contributed by atoms with Gasteiger partial charge in [0.05, 0.1) is 5.69 Å². The smallest absolute Gasteiger partial charge is 0.255 e. The van der Waals surface area contributed by atoms with E-state index in [4.69, 9.17) is 0 Å². The highest BCUT2D eigenvalue weighted by Crippen LogP contribution is 2.24. The predicted molar refractivity (Wildman–Crippen MR) is 85.1 cm³/mol. The number of hydrogen-bond acceptors (Lipinski definition) is 1. The maximum Gasteiger partial charge on any atom is 0.255 e. The number of hydrogen-bond donors (Lipinski definition) is 2. The second kappa shape index (κ2) is 5.13. The molecule has 0 saturated heterocycles. The highest BCUT2D eigenvalue weighted by molar-refractivity contribution is 9.10. The lowest BCUT2D eigenvalue weighted by molar-refractivity contribution is 0.102. The average Bonchev–Trinajstić information content (AvgIpc) is 2.89. The van der Waals surface area contributed by atoms with Gasteiger partial charge in [-0.2, -0.15) is 0 Å². The fourth-order valence-corrected chi connectivity index (χ4v) is 2.70. The zero-order valence-corrected chi connectivity index (χ0v) is 12.5. The summed E-state index contributed by atoms with van der Waals surface area (Å²) < 4.78 is 0.881. The molecular weight excluding hydrogens is 316 g/mol. The largest absolute Gasteiger partial charge is 0.361 e. The molecule has 0 radical (unpaired) electrons. The minimum Gasteiger partial charge on any atom is -0.361 e. The van der Waals surface area contributed by atoms with E-state index in [0.717, 1.165) is 26.6 Å². The number of anilines is 1. The van der Waals surface area contributed by atoms with Gasteiger partial charge >= 0.3 is 0 Å². The van der Waals surface area contributed by atoms with Crippen molar-refractivity contribution in [1.82, 2.24) is 4.98 Å². The Bertz CT molecular complexity index is 792. The van der Waals surface area contributed by atoms with Crippen molar-refractivity contribution in [3.8, 4) is 0 Å². The van der Waals surface area contributed by atoms with Crippen molar-refractivity contribution in [3.05, 3.63) is 64.3 Å². The van der Waals surface area contributed by atoms with Crippen LogP contribution in [0.3, 0.4) is 0 Å². The fraction of sp³-hybridized carbons (Fsp3) is 0.0625. The molecule has 20 heavy (non-hydrogen) atoms. The number of aromatic nitrogens is 1. The number of rotatable bonds is 2. The van der Waals surface area contributed by atoms with Gasteiger partial charge in [0.1, 0.15) is 0 Å². The minimum atomic E-state index is -0.119. The topological polar surface area (TPSA) is 44.9 Å². The molecule has 2 aromatic carbocycles. The second-order valence-electron chi connectivity index (χ2n) is 4.72. The first-order chi connectivity index (χ1) is 9.63. The van der Waals surface area contributed by atoms with E-state index in [2.05, 4.69) is 26.2 Å². The maximum atomic E-state index is 12.3. The monoisotopic (exact) mass is 328 g/mol. The lowest BCUT2D eigenvalue weighted by Gasteiger charge is -2.08. The highest BCUT2D eigenvalue weighted by Gasteiger charge is 2.09. The lowest BCUT2D eigenvalue weighted by Crippen LogP contribution is -2.12. The van der Waals surface area contributed by atoms with Crippen molar-refractivity contribution in [1.29, 1.82) is 0 Å². The van der Waals surface area contributed by atoms with Crippen molar-refractivity contribution < 1.29 is 4.79 Å². The number of H-pyrrole nitrogens is 1. The van der Waals surface area contributed by atoms with Crippen LogP contribution in [0.25, 0.3) is 10.9 Å². The van der Waals surface area contributed by atoms with E-state index in [-0.39, 0.29) is 5.91 Å². The highest BCUT2D eigenvalue weighted by atomic mass is 79.9. The Hall–Kier alpha value is -2.07. The van der Waals surface area contributed by atoms with Crippen LogP contribution in [0.5, 0.6) is 0 Å². The summed E-state index contributed by atoms with van der Waals surface area (Å²) in [6.45, 7) is 2.01. The molecule has 0 bridgehead atoms. The van der Waals surface area contributed by atoms with Crippen molar-refractivity contribution in [3.63, 3.8) is 0 Å². The number of halogens is 1. The standard InChI is InChI=1S/C16H13BrN2O/c1-10-2-5-14(13(17)8-10)19-16(20)12-4-3-11-6-7-18-15(11)9-12/h2-9,18H,1H3,(H,19,20). The molecule has 0 fully saturated rings. The van der Waals surface area contributed by atoms with Crippen LogP contribution >= 0.6 is 15.9 Å². The SMILES string of the molecule is Cc1ccc(NC(=O)c2ccc3cc[nH]c3c2)c(Br)c1. The summed E-state index contributed by atoms with van der Waals surface area (Å²) >= 11 is 3.46. The third kappa shape index (κ3) is 2.47. The fourth-order valence-electron chi connectivity index (χ4n) is 2.11. The van der Waals surface area contributed by atoms with Crippen molar-refractivity contribution in [2.75, 3.05) is 5.32 Å². The zero-order valence-electron chi connectivity index (χ0n) is 10.9. The van der Waals surface area contributed by atoms with E-state index in [1.54, 1.807) is 0 Å². The molecular formula is C16H13BrN2O. The number of benzene rings is 2. The van der Waals surface area contributed by atoms with Crippen LogP contribution < -0.4 is 5.32 Å². The Balaban J connectivity index is 1.88. The quantitative estimate of drug-likeness (QED) is 0.715. The molecule has 0 aliphatic carbocycles. The Labute approximate surface area is 125 Å². The summed E-state index contributed by atoms with van der Waals surface area (Å²) in [6, 6.07) is 13.4. The molecule has 0 aliphatic heterocycles. The van der Waals surface area contributed by atoms with Gasteiger partial charge in [-0.05, 0) is 64.1 Å². The summed E-state index contributed by atoms with van der Waals surface area (Å²) in [7, 11) is 0. The van der Waals surface area contributed by atoms with E-state index in [9.17, 15) is 4.79 Å². The van der Waals surface area contributed by atoms with Crippen molar-refractivity contribution in [2.24, 2.45) is 0 Å². The molecule has 0 saturated carbocycles. The van der Waals surface area contributed by atoms with Crippen LogP contribution in [0.1, 0.15) is 15.9 Å². The summed E-state index contributed by atoms with van der Waals surface area (Å²) in [5.74, 6) is -0.119. The van der Waals surface area contributed by atoms with Gasteiger partial charge in [0.25, 0.3) is 5.91 Å². The molecule has 1 aromatic heterocycles. The van der Waals surface area contributed by atoms with Crippen molar-refractivity contribution in [2.45, 2.75) is 6.92 Å². The summed E-state index contributed by atoms with van der Waals surface area (Å²) in [6.07, 6.45) is 1.86. The first-order valence-electron chi connectivity index (χ1n) is 6.28. The average molecular weight is 329 g/mol. The Morgan fingerprint density at radius 1 is 1.15 bits per heavy atom. The third-order valence-electron chi connectivity index (χ3n) is 3.19. The molecule has 0 spiro atoms. The van der Waals surface area contributed by atoms with Crippen LogP contribution in [0.2, 0.25) is 0 Å². The van der Waals surface area contributed by atoms with Crippen molar-refractivity contribution >= 4 is 38.4 Å². The van der Waals surface area contributed by atoms with Gasteiger partial charge in [0, 0.05) is 21.7 Å². The molecule has 3 rings (SSSR count). The third-order valence-corrected chi connectivity index (χ3v) is 3.85. The van der Waals surface area contributed by atoms with E-state index in [0.29, 0.717) is 5.56 Å². The molecule has 3 nitrogen and oxygen atoms in total. The van der Waals surface area contributed by atoms with E-state index in [1.807, 2.05) is 55.6 Å². The zero-order chi connectivity index (χ0) is 14.1. The summed E-state index contributed by atoms with van der Waals surface area (Å²) in [5.41, 5.74) is 3.50. The van der Waals surface area contributed by atoms with E-state index in [1.165, 1.54) is 0 Å². The molecule has 0 unspecified atom stereocenters. The van der Waals surface area contributed by atoms with Crippen LogP contribution in [0, 0.1) is 6.92 Å². The number of fused-ring (bicyclic) bond motifs is 1. The maximum absolute atomic E-state index is 12.3. The molecule has 4 heteroatoms. The molecule has 2 N–H and O–H groups in total. The van der Waals surface area contributed by atoms with Gasteiger partial charge in [-0.15, -0.1) is 0 Å². The van der Waals surface area contributed by atoms with Gasteiger partial charge in [0.2, 0.25) is 0 Å². The number of carbonyl (C=O) groups excluding carboxylic acids is 1. The normalized spacial score (nSPS) is 10.7. The lowest BCUT2D eigenvalue weighted by atomic mass is 10.1. The number of amides is 1. The Morgan fingerprint density at radius 2 is 2.00 bits per heavy atom. The summed E-state index contributed by atoms with van der Waals surface area (Å²) in [4.78, 5) is 15.4. The molecule has 1 amide bonds. The number of aryl methyl sites for hydroxylation is 1. The van der Waals surface area contributed by atoms with E-state index < -0.39 is 0 Å². The summed E-state index contributed by atoms with van der Waals surface area (Å²) in [5, 5.41) is 4.01. The minimum absolute atomic E-state index is 0.119. The first-order valence-corrected chi connectivity index (χ1v) is 7.07. The van der Waals surface area contributed by atoms with E-state index >= 15 is 0 Å². The Morgan fingerprint density at radius 3 is 2.80 bits per heavy atom. The number of carbonyl (C=O) groups is 1. The van der Waals surface area contributed by atoms with Gasteiger partial charge < -0.3 is 10.3 Å². The predicted octanol–water partition coefficient (Wildman–Crippen LogP) is 4.49. The van der Waals surface area contributed by atoms with Gasteiger partial charge in [-0.1, -0.05) is 12.1 Å². The van der Waals surface area contributed by atoms with Crippen LogP contribution in [-0.2, 0) is 0 Å².